The Balaban J connectivity index is 1.85. The monoisotopic (exact) mass is 273 g/mol. The number of carbonyl (C=O) groups is 1. The van der Waals surface area contributed by atoms with Gasteiger partial charge in [-0.15, -0.1) is 17.9 Å². The van der Waals surface area contributed by atoms with E-state index in [2.05, 4.69) is 11.9 Å². The fraction of sp³-hybridized carbons (Fsp3) is 0.133. The maximum absolute atomic E-state index is 11.7. The number of thiophene rings is 1. The van der Waals surface area contributed by atoms with E-state index in [1.54, 1.807) is 17.4 Å². The van der Waals surface area contributed by atoms with E-state index < -0.39 is 6.09 Å². The van der Waals surface area contributed by atoms with Gasteiger partial charge in [-0.25, -0.2) is 4.79 Å². The molecule has 0 bridgehead atoms. The number of nitrogens with one attached hydrogen (secondary N) is 1. The van der Waals surface area contributed by atoms with Crippen molar-refractivity contribution in [1.82, 2.24) is 5.32 Å². The Hall–Kier alpha value is -2.07. The highest BCUT2D eigenvalue weighted by Crippen LogP contribution is 2.19. The molecule has 0 saturated heterocycles. The van der Waals surface area contributed by atoms with Crippen LogP contribution in [0.15, 0.2) is 60.5 Å². The summed E-state index contributed by atoms with van der Waals surface area (Å²) in [7, 11) is 0. The Bertz CT molecular complexity index is 522. The first-order chi connectivity index (χ1) is 9.29. The predicted octanol–water partition coefficient (Wildman–Crippen LogP) is 3.90. The summed E-state index contributed by atoms with van der Waals surface area (Å²) in [5, 5.41) is 4.73. The molecule has 0 aliphatic rings. The SMILES string of the molecule is C=C[C@H](NC(=O)OCc1ccccc1)c1cccs1. The van der Waals surface area contributed by atoms with Crippen molar-refractivity contribution in [2.45, 2.75) is 12.6 Å². The summed E-state index contributed by atoms with van der Waals surface area (Å²) < 4.78 is 5.17. The number of hydrogen-bond acceptors (Lipinski definition) is 3. The number of rotatable bonds is 5. The number of carbonyl (C=O) groups excluding carboxylic acids is 1. The smallest absolute Gasteiger partial charge is 0.408 e. The summed E-state index contributed by atoms with van der Waals surface area (Å²) in [6, 6.07) is 13.3. The van der Waals surface area contributed by atoms with Crippen LogP contribution in [0.3, 0.4) is 0 Å². The lowest BCUT2D eigenvalue weighted by Gasteiger charge is -2.13. The van der Waals surface area contributed by atoms with Gasteiger partial charge >= 0.3 is 6.09 Å². The highest BCUT2D eigenvalue weighted by atomic mass is 32.1. The van der Waals surface area contributed by atoms with Crippen molar-refractivity contribution in [2.24, 2.45) is 0 Å². The molecule has 1 heterocycles. The molecule has 1 N–H and O–H groups in total. The van der Waals surface area contributed by atoms with Gasteiger partial charge in [-0.2, -0.15) is 0 Å². The average molecular weight is 273 g/mol. The number of alkyl carbamates (subject to hydrolysis) is 1. The third kappa shape index (κ3) is 3.96. The molecule has 0 fully saturated rings. The predicted molar refractivity (Wildman–Crippen MR) is 77.0 cm³/mol. The molecule has 19 heavy (non-hydrogen) atoms. The Morgan fingerprint density at radius 1 is 1.32 bits per heavy atom. The van der Waals surface area contributed by atoms with E-state index in [0.717, 1.165) is 10.4 Å². The normalized spacial score (nSPS) is 11.6. The fourth-order valence-corrected chi connectivity index (χ4v) is 2.38. The van der Waals surface area contributed by atoms with Crippen LogP contribution in [0.4, 0.5) is 4.79 Å². The Labute approximate surface area is 116 Å². The summed E-state index contributed by atoms with van der Waals surface area (Å²) in [6.07, 6.45) is 1.25. The first-order valence-electron chi connectivity index (χ1n) is 5.93. The van der Waals surface area contributed by atoms with Gasteiger partial charge in [-0.1, -0.05) is 42.5 Å². The lowest BCUT2D eigenvalue weighted by Crippen LogP contribution is -2.27. The molecule has 0 spiro atoms. The molecule has 0 aliphatic heterocycles. The van der Waals surface area contributed by atoms with Crippen LogP contribution in [0, 0.1) is 0 Å². The zero-order chi connectivity index (χ0) is 13.5. The minimum atomic E-state index is -0.442. The van der Waals surface area contributed by atoms with Gasteiger partial charge in [0.05, 0.1) is 6.04 Å². The molecule has 1 atom stereocenters. The van der Waals surface area contributed by atoms with Gasteiger partial charge in [0, 0.05) is 4.88 Å². The van der Waals surface area contributed by atoms with E-state index >= 15 is 0 Å². The number of ether oxygens (including phenoxy) is 1. The van der Waals surface area contributed by atoms with Gasteiger partial charge in [0.1, 0.15) is 6.61 Å². The first-order valence-corrected chi connectivity index (χ1v) is 6.80. The van der Waals surface area contributed by atoms with E-state index in [1.165, 1.54) is 0 Å². The number of amides is 1. The summed E-state index contributed by atoms with van der Waals surface area (Å²) in [5.74, 6) is 0. The van der Waals surface area contributed by atoms with E-state index in [1.807, 2.05) is 47.8 Å². The standard InChI is InChI=1S/C15H15NO2S/c1-2-13(14-9-6-10-19-14)16-15(17)18-11-12-7-4-3-5-8-12/h2-10,13H,1,11H2,(H,16,17)/t13-/m0/s1. The van der Waals surface area contributed by atoms with Crippen molar-refractivity contribution in [1.29, 1.82) is 0 Å². The zero-order valence-electron chi connectivity index (χ0n) is 10.4. The van der Waals surface area contributed by atoms with Crippen LogP contribution in [-0.2, 0) is 11.3 Å². The second kappa shape index (κ2) is 6.75. The lowest BCUT2D eigenvalue weighted by atomic mass is 10.2. The maximum Gasteiger partial charge on any atom is 0.408 e. The molecule has 0 saturated carbocycles. The van der Waals surface area contributed by atoms with Crippen LogP contribution in [0.5, 0.6) is 0 Å². The van der Waals surface area contributed by atoms with Crippen molar-refractivity contribution in [2.75, 3.05) is 0 Å². The molecule has 1 amide bonds. The summed E-state index contributed by atoms with van der Waals surface area (Å²) in [5.41, 5.74) is 0.962. The van der Waals surface area contributed by atoms with E-state index in [0.29, 0.717) is 0 Å². The second-order valence-corrected chi connectivity index (χ2v) is 4.91. The van der Waals surface area contributed by atoms with Gasteiger partial charge < -0.3 is 10.1 Å². The number of benzene rings is 1. The molecular formula is C15H15NO2S. The third-order valence-corrected chi connectivity index (χ3v) is 3.53. The molecule has 0 unspecified atom stereocenters. The molecular weight excluding hydrogens is 258 g/mol. The molecule has 2 rings (SSSR count). The van der Waals surface area contributed by atoms with Crippen LogP contribution in [0.25, 0.3) is 0 Å². The fourth-order valence-electron chi connectivity index (χ4n) is 1.61. The average Bonchev–Trinajstić information content (AvgIpc) is 2.97. The van der Waals surface area contributed by atoms with E-state index in [-0.39, 0.29) is 12.6 Å². The van der Waals surface area contributed by atoms with Crippen LogP contribution in [0.1, 0.15) is 16.5 Å². The number of hydrogen-bond donors (Lipinski definition) is 1. The Morgan fingerprint density at radius 3 is 2.74 bits per heavy atom. The molecule has 3 nitrogen and oxygen atoms in total. The molecule has 1 aromatic carbocycles. The van der Waals surface area contributed by atoms with Crippen LogP contribution in [0.2, 0.25) is 0 Å². The highest BCUT2D eigenvalue weighted by molar-refractivity contribution is 7.10. The van der Waals surface area contributed by atoms with Gasteiger partial charge in [-0.05, 0) is 17.0 Å². The van der Waals surface area contributed by atoms with Crippen molar-refractivity contribution in [3.8, 4) is 0 Å². The molecule has 0 radical (unpaired) electrons. The molecule has 0 aliphatic carbocycles. The van der Waals surface area contributed by atoms with Gasteiger partial charge in [0.2, 0.25) is 0 Å². The Kier molecular flexibility index (Phi) is 4.75. The minimum Gasteiger partial charge on any atom is -0.445 e. The summed E-state index contributed by atoms with van der Waals surface area (Å²) in [4.78, 5) is 12.7. The van der Waals surface area contributed by atoms with E-state index in [9.17, 15) is 4.79 Å². The molecule has 98 valence electrons. The zero-order valence-corrected chi connectivity index (χ0v) is 11.2. The van der Waals surface area contributed by atoms with E-state index in [4.69, 9.17) is 4.74 Å². The largest absolute Gasteiger partial charge is 0.445 e. The van der Waals surface area contributed by atoms with Crippen molar-refractivity contribution in [3.05, 3.63) is 70.9 Å². The van der Waals surface area contributed by atoms with Gasteiger partial charge in [-0.3, -0.25) is 0 Å². The van der Waals surface area contributed by atoms with Crippen LogP contribution in [-0.4, -0.2) is 6.09 Å². The second-order valence-electron chi connectivity index (χ2n) is 3.93. The minimum absolute atomic E-state index is 0.205. The Morgan fingerprint density at radius 2 is 2.11 bits per heavy atom. The third-order valence-electron chi connectivity index (χ3n) is 2.57. The van der Waals surface area contributed by atoms with Gasteiger partial charge in [0.15, 0.2) is 0 Å². The summed E-state index contributed by atoms with van der Waals surface area (Å²) >= 11 is 1.57. The first kappa shape index (κ1) is 13.4. The summed E-state index contributed by atoms with van der Waals surface area (Å²) in [6.45, 7) is 3.99. The molecule has 2 aromatic rings. The van der Waals surface area contributed by atoms with Crippen molar-refractivity contribution >= 4 is 17.4 Å². The quantitative estimate of drug-likeness (QED) is 0.839. The maximum atomic E-state index is 11.7. The van der Waals surface area contributed by atoms with Gasteiger partial charge in [0.25, 0.3) is 0 Å². The van der Waals surface area contributed by atoms with Crippen molar-refractivity contribution in [3.63, 3.8) is 0 Å². The highest BCUT2D eigenvalue weighted by Gasteiger charge is 2.12. The molecule has 4 heteroatoms. The van der Waals surface area contributed by atoms with Crippen LogP contribution < -0.4 is 5.32 Å². The van der Waals surface area contributed by atoms with Crippen LogP contribution >= 0.6 is 11.3 Å². The van der Waals surface area contributed by atoms with Crippen molar-refractivity contribution < 1.29 is 9.53 Å². The topological polar surface area (TPSA) is 38.3 Å². The molecule has 1 aromatic heterocycles. The lowest BCUT2D eigenvalue weighted by molar-refractivity contribution is 0.137.